The predicted octanol–water partition coefficient (Wildman–Crippen LogP) is 1.73. The number of nitrogens with two attached hydrogens (primary N) is 1. The average molecular weight is 264 g/mol. The minimum atomic E-state index is 0.0185. The van der Waals surface area contributed by atoms with E-state index in [-0.39, 0.29) is 11.9 Å². The minimum absolute atomic E-state index is 0.0185. The maximum absolute atomic E-state index is 11.7. The Morgan fingerprint density at radius 2 is 1.95 bits per heavy atom. The Morgan fingerprint density at radius 1 is 1.32 bits per heavy atom. The smallest absolute Gasteiger partial charge is 0.220 e. The van der Waals surface area contributed by atoms with Crippen molar-refractivity contribution >= 4 is 5.91 Å². The van der Waals surface area contributed by atoms with Crippen LogP contribution in [0.3, 0.4) is 0 Å². The molecule has 1 amide bonds. The third-order valence-corrected chi connectivity index (χ3v) is 3.19. The molecule has 0 saturated carbocycles. The molecule has 0 saturated heterocycles. The molecule has 4 nitrogen and oxygen atoms in total. The predicted molar refractivity (Wildman–Crippen MR) is 77.1 cm³/mol. The Labute approximate surface area is 115 Å². The lowest BCUT2D eigenvalue weighted by Gasteiger charge is -2.16. The van der Waals surface area contributed by atoms with Crippen molar-refractivity contribution < 1.29 is 9.53 Å². The van der Waals surface area contributed by atoms with E-state index >= 15 is 0 Å². The molecular formula is C15H24N2O2. The van der Waals surface area contributed by atoms with Crippen LogP contribution in [0.1, 0.15) is 25.8 Å². The molecule has 0 aromatic heterocycles. The second kappa shape index (κ2) is 7.79. The Bertz CT molecular complexity index is 388. The quantitative estimate of drug-likeness (QED) is 0.788. The van der Waals surface area contributed by atoms with Crippen LogP contribution in [0.4, 0.5) is 0 Å². The summed E-state index contributed by atoms with van der Waals surface area (Å²) in [6.07, 6.45) is 1.21. The SMILES string of the molecule is COc1ccc(CCC(=O)NCC(N)C(C)C)cc1. The van der Waals surface area contributed by atoms with Crippen molar-refractivity contribution in [1.29, 1.82) is 0 Å². The summed E-state index contributed by atoms with van der Waals surface area (Å²) in [6.45, 7) is 4.64. The second-order valence-corrected chi connectivity index (χ2v) is 5.06. The van der Waals surface area contributed by atoms with Crippen LogP contribution in [0.5, 0.6) is 5.75 Å². The fourth-order valence-electron chi connectivity index (χ4n) is 1.61. The fraction of sp³-hybridized carbons (Fsp3) is 0.533. The van der Waals surface area contributed by atoms with E-state index in [1.54, 1.807) is 7.11 Å². The van der Waals surface area contributed by atoms with Gasteiger partial charge in [0.1, 0.15) is 5.75 Å². The van der Waals surface area contributed by atoms with Crippen LogP contribution in [0, 0.1) is 5.92 Å². The van der Waals surface area contributed by atoms with Crippen LogP contribution in [0.2, 0.25) is 0 Å². The van der Waals surface area contributed by atoms with Crippen molar-refractivity contribution in [2.45, 2.75) is 32.7 Å². The zero-order valence-electron chi connectivity index (χ0n) is 12.0. The number of carbonyl (C=O) groups excluding carboxylic acids is 1. The Balaban J connectivity index is 2.29. The van der Waals surface area contributed by atoms with Gasteiger partial charge in [0.15, 0.2) is 0 Å². The fourth-order valence-corrected chi connectivity index (χ4v) is 1.61. The molecule has 0 fully saturated rings. The molecule has 0 radical (unpaired) electrons. The summed E-state index contributed by atoms with van der Waals surface area (Å²) in [6, 6.07) is 7.78. The first kappa shape index (κ1) is 15.5. The molecule has 106 valence electrons. The van der Waals surface area contributed by atoms with Crippen molar-refractivity contribution in [1.82, 2.24) is 5.32 Å². The lowest BCUT2D eigenvalue weighted by atomic mass is 10.1. The highest BCUT2D eigenvalue weighted by Crippen LogP contribution is 2.12. The molecule has 0 aliphatic rings. The Hall–Kier alpha value is -1.55. The molecule has 0 bridgehead atoms. The molecule has 0 spiro atoms. The Kier molecular flexibility index (Phi) is 6.36. The molecule has 0 heterocycles. The van der Waals surface area contributed by atoms with Gasteiger partial charge < -0.3 is 15.8 Å². The van der Waals surface area contributed by atoms with Gasteiger partial charge in [0.2, 0.25) is 5.91 Å². The molecule has 0 aliphatic carbocycles. The molecule has 1 rings (SSSR count). The zero-order valence-corrected chi connectivity index (χ0v) is 12.0. The maximum Gasteiger partial charge on any atom is 0.220 e. The van der Waals surface area contributed by atoms with Gasteiger partial charge >= 0.3 is 0 Å². The monoisotopic (exact) mass is 264 g/mol. The maximum atomic E-state index is 11.7. The van der Waals surface area contributed by atoms with Crippen LogP contribution >= 0.6 is 0 Å². The van der Waals surface area contributed by atoms with E-state index in [2.05, 4.69) is 5.32 Å². The Morgan fingerprint density at radius 3 is 2.47 bits per heavy atom. The highest BCUT2D eigenvalue weighted by atomic mass is 16.5. The number of methoxy groups -OCH3 is 1. The van der Waals surface area contributed by atoms with Crippen LogP contribution in [-0.2, 0) is 11.2 Å². The first-order chi connectivity index (χ1) is 9.02. The number of amides is 1. The highest BCUT2D eigenvalue weighted by molar-refractivity contribution is 5.76. The van der Waals surface area contributed by atoms with Gasteiger partial charge in [-0.3, -0.25) is 4.79 Å². The summed E-state index contributed by atoms with van der Waals surface area (Å²) in [7, 11) is 1.64. The van der Waals surface area contributed by atoms with E-state index in [1.807, 2.05) is 38.1 Å². The highest BCUT2D eigenvalue weighted by Gasteiger charge is 2.09. The van der Waals surface area contributed by atoms with Crippen molar-refractivity contribution in [3.05, 3.63) is 29.8 Å². The van der Waals surface area contributed by atoms with Gasteiger partial charge in [0, 0.05) is 19.0 Å². The third kappa shape index (κ3) is 5.75. The van der Waals surface area contributed by atoms with Gasteiger partial charge in [-0.1, -0.05) is 26.0 Å². The molecule has 1 aromatic carbocycles. The lowest BCUT2D eigenvalue weighted by Crippen LogP contribution is -2.40. The van der Waals surface area contributed by atoms with E-state index in [0.717, 1.165) is 17.7 Å². The first-order valence-electron chi connectivity index (χ1n) is 6.68. The minimum Gasteiger partial charge on any atom is -0.497 e. The summed E-state index contributed by atoms with van der Waals surface area (Å²) in [5.41, 5.74) is 7.00. The largest absolute Gasteiger partial charge is 0.497 e. The number of hydrogen-bond acceptors (Lipinski definition) is 3. The molecule has 3 N–H and O–H groups in total. The van der Waals surface area contributed by atoms with E-state index in [0.29, 0.717) is 18.9 Å². The van der Waals surface area contributed by atoms with Crippen molar-refractivity contribution in [2.75, 3.05) is 13.7 Å². The number of ether oxygens (including phenoxy) is 1. The summed E-state index contributed by atoms with van der Waals surface area (Å²) >= 11 is 0. The topological polar surface area (TPSA) is 64.3 Å². The number of aryl methyl sites for hydroxylation is 1. The van der Waals surface area contributed by atoms with Crippen molar-refractivity contribution in [3.63, 3.8) is 0 Å². The number of benzene rings is 1. The molecule has 1 atom stereocenters. The van der Waals surface area contributed by atoms with E-state index in [9.17, 15) is 4.79 Å². The van der Waals surface area contributed by atoms with E-state index in [1.165, 1.54) is 0 Å². The van der Waals surface area contributed by atoms with Gasteiger partial charge in [-0.25, -0.2) is 0 Å². The number of hydrogen-bond donors (Lipinski definition) is 2. The second-order valence-electron chi connectivity index (χ2n) is 5.06. The van der Waals surface area contributed by atoms with Gasteiger partial charge in [-0.2, -0.15) is 0 Å². The number of carbonyl (C=O) groups is 1. The summed E-state index contributed by atoms with van der Waals surface area (Å²) < 4.78 is 5.09. The molecular weight excluding hydrogens is 240 g/mol. The third-order valence-electron chi connectivity index (χ3n) is 3.19. The molecule has 4 heteroatoms. The van der Waals surface area contributed by atoms with E-state index in [4.69, 9.17) is 10.5 Å². The first-order valence-corrected chi connectivity index (χ1v) is 6.68. The van der Waals surface area contributed by atoms with Gasteiger partial charge in [0.25, 0.3) is 0 Å². The zero-order chi connectivity index (χ0) is 14.3. The van der Waals surface area contributed by atoms with E-state index < -0.39 is 0 Å². The van der Waals surface area contributed by atoms with Gasteiger partial charge in [0.05, 0.1) is 7.11 Å². The van der Waals surface area contributed by atoms with Gasteiger partial charge in [-0.05, 0) is 30.0 Å². The normalized spacial score (nSPS) is 12.3. The summed E-state index contributed by atoms with van der Waals surface area (Å²) in [5.74, 6) is 1.25. The number of nitrogens with one attached hydrogen (secondary N) is 1. The van der Waals surface area contributed by atoms with Crippen LogP contribution in [0.15, 0.2) is 24.3 Å². The summed E-state index contributed by atoms with van der Waals surface area (Å²) in [4.78, 5) is 11.7. The van der Waals surface area contributed by atoms with Crippen molar-refractivity contribution in [2.24, 2.45) is 11.7 Å². The molecule has 19 heavy (non-hydrogen) atoms. The average Bonchev–Trinajstić information content (AvgIpc) is 2.42. The number of rotatable bonds is 7. The molecule has 1 unspecified atom stereocenters. The summed E-state index contributed by atoms with van der Waals surface area (Å²) in [5, 5.41) is 2.87. The van der Waals surface area contributed by atoms with Crippen molar-refractivity contribution in [3.8, 4) is 5.75 Å². The van der Waals surface area contributed by atoms with Crippen LogP contribution in [0.25, 0.3) is 0 Å². The van der Waals surface area contributed by atoms with Gasteiger partial charge in [-0.15, -0.1) is 0 Å². The standard InChI is InChI=1S/C15H24N2O2/c1-11(2)14(16)10-17-15(18)9-6-12-4-7-13(19-3)8-5-12/h4-5,7-8,11,14H,6,9-10,16H2,1-3H3,(H,17,18). The van der Waals surface area contributed by atoms with Crippen LogP contribution < -0.4 is 15.8 Å². The molecule has 0 aliphatic heterocycles. The van der Waals surface area contributed by atoms with Crippen LogP contribution in [-0.4, -0.2) is 25.6 Å². The molecule has 1 aromatic rings. The lowest BCUT2D eigenvalue weighted by molar-refractivity contribution is -0.121.